The van der Waals surface area contributed by atoms with Crippen molar-refractivity contribution < 1.29 is 14.3 Å². The predicted octanol–water partition coefficient (Wildman–Crippen LogP) is 3.58. The van der Waals surface area contributed by atoms with Gasteiger partial charge in [0.15, 0.2) is 10.9 Å². The topological polar surface area (TPSA) is 64.4 Å². The number of carbonyl (C=O) groups excluding carboxylic acids is 2. The maximum absolute atomic E-state index is 13.0. The van der Waals surface area contributed by atoms with Gasteiger partial charge in [-0.2, -0.15) is 0 Å². The lowest BCUT2D eigenvalue weighted by atomic mass is 10.1. The minimum absolute atomic E-state index is 0.267. The van der Waals surface area contributed by atoms with E-state index >= 15 is 0 Å². The molecule has 0 saturated heterocycles. The second kappa shape index (κ2) is 8.75. The monoisotopic (exact) mass is 395 g/mol. The molecule has 0 aliphatic carbocycles. The van der Waals surface area contributed by atoms with Crippen LogP contribution in [0.5, 0.6) is 0 Å². The van der Waals surface area contributed by atoms with Crippen LogP contribution in [0.2, 0.25) is 0 Å². The quantitative estimate of drug-likeness (QED) is 0.472. The molecule has 1 atom stereocenters. The summed E-state index contributed by atoms with van der Waals surface area (Å²) in [6.07, 6.45) is 2.34. The third kappa shape index (κ3) is 4.09. The van der Waals surface area contributed by atoms with Crippen LogP contribution in [0.1, 0.15) is 22.2 Å². The Morgan fingerprint density at radius 1 is 1.04 bits per heavy atom. The summed E-state index contributed by atoms with van der Waals surface area (Å²) in [6.45, 7) is 0. The second-order valence-corrected chi connectivity index (χ2v) is 7.00. The number of esters is 1. The standard InChI is InChI=1S/C21H21N3O3S/c1-23(2)19(25)18(15-10-6-4-7-11-15)27-20(26)17-14-22-21(28-3)24(17)16-12-8-5-9-13-16/h4-14,18H,1-3H3/t18-/m0/s1. The van der Waals surface area contributed by atoms with Gasteiger partial charge in [0.2, 0.25) is 6.10 Å². The molecule has 1 aromatic heterocycles. The summed E-state index contributed by atoms with van der Waals surface area (Å²) in [5.74, 6) is -0.920. The fourth-order valence-electron chi connectivity index (χ4n) is 2.74. The van der Waals surface area contributed by atoms with Gasteiger partial charge in [-0.05, 0) is 18.4 Å². The van der Waals surface area contributed by atoms with Gasteiger partial charge in [0.25, 0.3) is 5.91 Å². The molecule has 0 aliphatic rings. The maximum Gasteiger partial charge on any atom is 0.358 e. The van der Waals surface area contributed by atoms with Gasteiger partial charge in [0.1, 0.15) is 0 Å². The van der Waals surface area contributed by atoms with E-state index in [-0.39, 0.29) is 11.6 Å². The number of hydrogen-bond acceptors (Lipinski definition) is 5. The Kier molecular flexibility index (Phi) is 6.16. The molecule has 7 heteroatoms. The van der Waals surface area contributed by atoms with Crippen molar-refractivity contribution in [3.63, 3.8) is 0 Å². The molecule has 3 aromatic rings. The Labute approximate surface area is 168 Å². The molecule has 0 fully saturated rings. The number of aromatic nitrogens is 2. The first kappa shape index (κ1) is 19.7. The zero-order valence-corrected chi connectivity index (χ0v) is 16.7. The van der Waals surface area contributed by atoms with E-state index in [1.807, 2.05) is 42.7 Å². The predicted molar refractivity (Wildman–Crippen MR) is 109 cm³/mol. The molecule has 2 aromatic carbocycles. The third-order valence-electron chi connectivity index (χ3n) is 4.13. The van der Waals surface area contributed by atoms with Crippen LogP contribution in [0, 0.1) is 0 Å². The van der Waals surface area contributed by atoms with Gasteiger partial charge in [-0.3, -0.25) is 9.36 Å². The van der Waals surface area contributed by atoms with Gasteiger partial charge in [-0.15, -0.1) is 0 Å². The van der Waals surface area contributed by atoms with Crippen molar-refractivity contribution in [3.05, 3.63) is 78.1 Å². The van der Waals surface area contributed by atoms with Gasteiger partial charge in [-0.1, -0.05) is 60.3 Å². The molecule has 6 nitrogen and oxygen atoms in total. The van der Waals surface area contributed by atoms with E-state index < -0.39 is 12.1 Å². The van der Waals surface area contributed by atoms with E-state index in [9.17, 15) is 9.59 Å². The highest BCUT2D eigenvalue weighted by atomic mass is 32.2. The summed E-state index contributed by atoms with van der Waals surface area (Å²) in [5.41, 5.74) is 1.68. The number of carbonyl (C=O) groups is 2. The maximum atomic E-state index is 13.0. The van der Waals surface area contributed by atoms with Crippen molar-refractivity contribution >= 4 is 23.6 Å². The fourth-order valence-corrected chi connectivity index (χ4v) is 3.28. The summed E-state index contributed by atoms with van der Waals surface area (Å²) in [6, 6.07) is 18.4. The van der Waals surface area contributed by atoms with Crippen molar-refractivity contribution in [2.75, 3.05) is 20.4 Å². The Morgan fingerprint density at radius 2 is 1.64 bits per heavy atom. The zero-order valence-electron chi connectivity index (χ0n) is 15.9. The summed E-state index contributed by atoms with van der Waals surface area (Å²) in [7, 11) is 3.26. The molecule has 3 rings (SSSR count). The minimum atomic E-state index is -1.03. The Hall–Kier alpha value is -3.06. The van der Waals surface area contributed by atoms with Crippen LogP contribution < -0.4 is 0 Å². The highest BCUT2D eigenvalue weighted by Gasteiger charge is 2.29. The third-order valence-corrected chi connectivity index (χ3v) is 4.78. The first-order valence-corrected chi connectivity index (χ1v) is 9.89. The first-order chi connectivity index (χ1) is 13.5. The molecule has 0 N–H and O–H groups in total. The number of imidazole rings is 1. The molecule has 0 bridgehead atoms. The van der Waals surface area contributed by atoms with Gasteiger partial charge < -0.3 is 9.64 Å². The lowest BCUT2D eigenvalue weighted by Crippen LogP contribution is -2.31. The number of rotatable bonds is 6. The molecule has 28 heavy (non-hydrogen) atoms. The van der Waals surface area contributed by atoms with Crippen molar-refractivity contribution in [2.24, 2.45) is 0 Å². The number of nitrogens with zero attached hydrogens (tertiary/aromatic N) is 3. The lowest BCUT2D eigenvalue weighted by molar-refractivity contribution is -0.138. The van der Waals surface area contributed by atoms with E-state index in [1.165, 1.54) is 22.9 Å². The lowest BCUT2D eigenvalue weighted by Gasteiger charge is -2.21. The van der Waals surface area contributed by atoms with Crippen LogP contribution in [0.3, 0.4) is 0 Å². The number of hydrogen-bond donors (Lipinski definition) is 0. The highest BCUT2D eigenvalue weighted by molar-refractivity contribution is 7.98. The second-order valence-electron chi connectivity index (χ2n) is 6.23. The largest absolute Gasteiger partial charge is 0.443 e. The molecular formula is C21H21N3O3S. The summed E-state index contributed by atoms with van der Waals surface area (Å²) in [4.78, 5) is 31.4. The molecule has 144 valence electrons. The Morgan fingerprint density at radius 3 is 2.21 bits per heavy atom. The number of thioether (sulfide) groups is 1. The average Bonchev–Trinajstić information content (AvgIpc) is 3.17. The molecule has 0 spiro atoms. The van der Waals surface area contributed by atoms with E-state index in [0.29, 0.717) is 10.7 Å². The van der Waals surface area contributed by atoms with Crippen LogP contribution in [-0.2, 0) is 9.53 Å². The zero-order chi connectivity index (χ0) is 20.1. The normalized spacial score (nSPS) is 11.7. The molecule has 0 aliphatic heterocycles. The van der Waals surface area contributed by atoms with Crippen LogP contribution in [0.25, 0.3) is 5.69 Å². The van der Waals surface area contributed by atoms with Gasteiger partial charge >= 0.3 is 5.97 Å². The highest BCUT2D eigenvalue weighted by Crippen LogP contribution is 2.25. The van der Waals surface area contributed by atoms with Crippen molar-refractivity contribution in [3.8, 4) is 5.69 Å². The molecule has 1 amide bonds. The van der Waals surface area contributed by atoms with E-state index in [2.05, 4.69) is 4.98 Å². The van der Waals surface area contributed by atoms with Crippen LogP contribution in [0.4, 0.5) is 0 Å². The minimum Gasteiger partial charge on any atom is -0.443 e. The van der Waals surface area contributed by atoms with E-state index in [0.717, 1.165) is 5.69 Å². The van der Waals surface area contributed by atoms with Crippen LogP contribution >= 0.6 is 11.8 Å². The molecule has 0 saturated carbocycles. The van der Waals surface area contributed by atoms with Gasteiger partial charge in [0, 0.05) is 25.3 Å². The molecule has 0 radical (unpaired) electrons. The van der Waals surface area contributed by atoms with E-state index in [4.69, 9.17) is 4.74 Å². The number of likely N-dealkylation sites (N-methyl/N-ethyl adjacent to an activating group) is 1. The SMILES string of the molecule is CSc1ncc(C(=O)O[C@H](C(=O)N(C)C)c2ccccc2)n1-c1ccccc1. The number of para-hydroxylation sites is 1. The fraction of sp³-hybridized carbons (Fsp3) is 0.190. The summed E-state index contributed by atoms with van der Waals surface area (Å²) in [5, 5.41) is 0.661. The van der Waals surface area contributed by atoms with E-state index in [1.54, 1.807) is 42.9 Å². The van der Waals surface area contributed by atoms with Crippen molar-refractivity contribution in [2.45, 2.75) is 11.3 Å². The summed E-state index contributed by atoms with van der Waals surface area (Å²) >= 11 is 1.42. The average molecular weight is 395 g/mol. The van der Waals surface area contributed by atoms with Crippen LogP contribution in [0.15, 0.2) is 72.0 Å². The van der Waals surface area contributed by atoms with Gasteiger partial charge in [-0.25, -0.2) is 9.78 Å². The smallest absolute Gasteiger partial charge is 0.358 e. The van der Waals surface area contributed by atoms with Crippen LogP contribution in [-0.4, -0.2) is 46.7 Å². The molecule has 0 unspecified atom stereocenters. The number of ether oxygens (including phenoxy) is 1. The van der Waals surface area contributed by atoms with Crippen molar-refractivity contribution in [1.29, 1.82) is 0 Å². The number of amides is 1. The Balaban J connectivity index is 1.97. The molecule has 1 heterocycles. The first-order valence-electron chi connectivity index (χ1n) is 8.67. The van der Waals surface area contributed by atoms with Gasteiger partial charge in [0.05, 0.1) is 6.20 Å². The Bertz CT molecular complexity index is 956. The van der Waals surface area contributed by atoms with Crippen molar-refractivity contribution in [1.82, 2.24) is 14.5 Å². The molecular weight excluding hydrogens is 374 g/mol. The number of benzene rings is 2. The summed E-state index contributed by atoms with van der Waals surface area (Å²) < 4.78 is 7.40.